The minimum Gasteiger partial charge on any atom is -0.373 e. The van der Waals surface area contributed by atoms with Crippen LogP contribution in [0.15, 0.2) is 36.5 Å². The van der Waals surface area contributed by atoms with Crippen LogP contribution in [0.3, 0.4) is 0 Å². The topological polar surface area (TPSA) is 98.2 Å². The summed E-state index contributed by atoms with van der Waals surface area (Å²) in [5, 5.41) is 21.1. The van der Waals surface area contributed by atoms with Gasteiger partial charge in [-0.25, -0.2) is 9.97 Å². The Morgan fingerprint density at radius 2 is 2.00 bits per heavy atom. The number of pyridine rings is 1. The number of rotatable bonds is 5. The van der Waals surface area contributed by atoms with Crippen molar-refractivity contribution in [3.05, 3.63) is 58.5 Å². The number of halogens is 1. The third-order valence-electron chi connectivity index (χ3n) is 6.47. The van der Waals surface area contributed by atoms with E-state index in [0.717, 1.165) is 59.8 Å². The van der Waals surface area contributed by atoms with Gasteiger partial charge in [-0.3, -0.25) is 10.3 Å². The summed E-state index contributed by atoms with van der Waals surface area (Å²) in [6.07, 6.45) is 3.57. The second-order valence-electron chi connectivity index (χ2n) is 9.12. The number of anilines is 3. The van der Waals surface area contributed by atoms with Crippen molar-refractivity contribution < 1.29 is 5.11 Å². The molecule has 0 radical (unpaired) electrons. The molecule has 1 saturated heterocycles. The van der Waals surface area contributed by atoms with Gasteiger partial charge in [0.2, 0.25) is 5.95 Å². The molecule has 2 aromatic heterocycles. The standard InChI is InChI=1S/C25H28ClN7OS/c1-14-19(5-6-20(28-14)24(34)29-17-7-9-33(2)10-8-17)31-25-27-13-15-11-22(35)30-21-12-16(26)3-4-18(21)23(15)32-25/h3-6,12-13,17,24,29,34H,7-11H2,1-2H3,(H,30,35)(H,27,31,32). The molecule has 2 aliphatic heterocycles. The number of fused-ring (bicyclic) bond motifs is 3. The van der Waals surface area contributed by atoms with Crippen LogP contribution < -0.4 is 16.0 Å². The highest BCUT2D eigenvalue weighted by molar-refractivity contribution is 7.80. The van der Waals surface area contributed by atoms with Crippen LogP contribution in [0.4, 0.5) is 17.3 Å². The van der Waals surface area contributed by atoms with Crippen LogP contribution >= 0.6 is 23.8 Å². The summed E-state index contributed by atoms with van der Waals surface area (Å²) in [6.45, 7) is 3.96. The van der Waals surface area contributed by atoms with Crippen LogP contribution in [0, 0.1) is 6.92 Å². The van der Waals surface area contributed by atoms with Crippen LogP contribution in [0.5, 0.6) is 0 Å². The zero-order valence-electron chi connectivity index (χ0n) is 19.7. The summed E-state index contributed by atoms with van der Waals surface area (Å²) >= 11 is 11.7. The van der Waals surface area contributed by atoms with Gasteiger partial charge in [-0.2, -0.15) is 0 Å². The van der Waals surface area contributed by atoms with Crippen molar-refractivity contribution in [2.45, 2.75) is 38.5 Å². The molecular weight excluding hydrogens is 482 g/mol. The van der Waals surface area contributed by atoms with Gasteiger partial charge in [0.1, 0.15) is 6.23 Å². The van der Waals surface area contributed by atoms with Crippen molar-refractivity contribution in [2.75, 3.05) is 30.8 Å². The summed E-state index contributed by atoms with van der Waals surface area (Å²) in [6, 6.07) is 9.64. The van der Waals surface area contributed by atoms with Crippen molar-refractivity contribution in [2.24, 2.45) is 0 Å². The van der Waals surface area contributed by atoms with Crippen molar-refractivity contribution in [3.63, 3.8) is 0 Å². The molecule has 0 saturated carbocycles. The fraction of sp³-hybridized carbons (Fsp3) is 0.360. The van der Waals surface area contributed by atoms with E-state index < -0.39 is 6.23 Å². The van der Waals surface area contributed by atoms with E-state index in [1.165, 1.54) is 0 Å². The summed E-state index contributed by atoms with van der Waals surface area (Å²) < 4.78 is 0. The number of likely N-dealkylation sites (tertiary alicyclic amines) is 1. The Bertz CT molecular complexity index is 1260. The molecule has 1 atom stereocenters. The molecule has 1 aromatic carbocycles. The predicted octanol–water partition coefficient (Wildman–Crippen LogP) is 4.21. The van der Waals surface area contributed by atoms with E-state index in [1.807, 2.05) is 37.3 Å². The van der Waals surface area contributed by atoms with Crippen LogP contribution in [-0.4, -0.2) is 56.1 Å². The molecule has 35 heavy (non-hydrogen) atoms. The fourth-order valence-corrected chi connectivity index (χ4v) is 4.93. The number of hydrogen-bond donors (Lipinski definition) is 4. The normalized spacial score (nSPS) is 17.2. The third-order valence-corrected chi connectivity index (χ3v) is 6.95. The van der Waals surface area contributed by atoms with Gasteiger partial charge in [-0.15, -0.1) is 0 Å². The largest absolute Gasteiger partial charge is 0.373 e. The lowest BCUT2D eigenvalue weighted by atomic mass is 10.1. The fourth-order valence-electron chi connectivity index (χ4n) is 4.49. The number of nitrogens with zero attached hydrogens (tertiary/aromatic N) is 4. The Labute approximate surface area is 215 Å². The van der Waals surface area contributed by atoms with E-state index in [9.17, 15) is 5.11 Å². The quantitative estimate of drug-likeness (QED) is 0.297. The number of aliphatic hydroxyl groups excluding tert-OH is 1. The molecule has 3 aromatic rings. The van der Waals surface area contributed by atoms with Gasteiger partial charge >= 0.3 is 0 Å². The highest BCUT2D eigenvalue weighted by Crippen LogP contribution is 2.35. The SMILES string of the molecule is Cc1nc(C(O)NC2CCN(C)CC2)ccc1Nc1ncc2c(n1)-c1ccc(Cl)cc1NC(=S)C2. The van der Waals surface area contributed by atoms with Gasteiger partial charge < -0.3 is 20.6 Å². The van der Waals surface area contributed by atoms with Crippen LogP contribution in [0.2, 0.25) is 5.02 Å². The zero-order valence-corrected chi connectivity index (χ0v) is 21.2. The number of aromatic nitrogens is 3. The average Bonchev–Trinajstić information content (AvgIpc) is 2.96. The Morgan fingerprint density at radius 1 is 1.20 bits per heavy atom. The molecule has 1 unspecified atom stereocenters. The summed E-state index contributed by atoms with van der Waals surface area (Å²) in [5.41, 5.74) is 5.63. The van der Waals surface area contributed by atoms with E-state index in [0.29, 0.717) is 28.1 Å². The maximum absolute atomic E-state index is 10.7. The first-order valence-corrected chi connectivity index (χ1v) is 12.5. The third kappa shape index (κ3) is 5.44. The van der Waals surface area contributed by atoms with Crippen molar-refractivity contribution in [3.8, 4) is 11.3 Å². The van der Waals surface area contributed by atoms with E-state index in [1.54, 1.807) is 6.20 Å². The minimum atomic E-state index is -0.806. The summed E-state index contributed by atoms with van der Waals surface area (Å²) in [7, 11) is 2.12. The maximum Gasteiger partial charge on any atom is 0.227 e. The van der Waals surface area contributed by atoms with Gasteiger partial charge in [-0.05, 0) is 70.2 Å². The Hall–Kier alpha value is -2.69. The van der Waals surface area contributed by atoms with Crippen LogP contribution in [0.1, 0.15) is 36.0 Å². The van der Waals surface area contributed by atoms with Gasteiger partial charge in [0.25, 0.3) is 0 Å². The van der Waals surface area contributed by atoms with E-state index in [4.69, 9.17) is 28.8 Å². The summed E-state index contributed by atoms with van der Waals surface area (Å²) in [4.78, 5) is 16.9. The van der Waals surface area contributed by atoms with E-state index in [2.05, 4.69) is 37.9 Å². The first-order chi connectivity index (χ1) is 16.9. The number of nitrogens with one attached hydrogen (secondary N) is 3. The molecule has 0 spiro atoms. The van der Waals surface area contributed by atoms with Gasteiger partial charge in [0.15, 0.2) is 0 Å². The molecule has 10 heteroatoms. The number of aliphatic hydroxyl groups is 1. The molecule has 0 aliphatic carbocycles. The molecule has 2 aliphatic rings. The Kier molecular flexibility index (Phi) is 6.95. The van der Waals surface area contributed by atoms with Crippen LogP contribution in [-0.2, 0) is 6.42 Å². The molecule has 0 bridgehead atoms. The lowest BCUT2D eigenvalue weighted by molar-refractivity contribution is 0.100. The highest BCUT2D eigenvalue weighted by atomic mass is 35.5. The molecule has 0 amide bonds. The predicted molar refractivity (Wildman–Crippen MR) is 143 cm³/mol. The number of hydrogen-bond acceptors (Lipinski definition) is 8. The smallest absolute Gasteiger partial charge is 0.227 e. The molecule has 4 heterocycles. The maximum atomic E-state index is 10.7. The first kappa shape index (κ1) is 24.0. The first-order valence-electron chi connectivity index (χ1n) is 11.7. The van der Waals surface area contributed by atoms with Crippen molar-refractivity contribution >= 4 is 46.1 Å². The summed E-state index contributed by atoms with van der Waals surface area (Å²) in [5.74, 6) is 0.458. The second-order valence-corrected chi connectivity index (χ2v) is 10.1. The van der Waals surface area contributed by atoms with Crippen LogP contribution in [0.25, 0.3) is 11.3 Å². The zero-order chi connectivity index (χ0) is 24.5. The minimum absolute atomic E-state index is 0.286. The number of piperidine rings is 1. The highest BCUT2D eigenvalue weighted by Gasteiger charge is 2.22. The average molecular weight is 510 g/mol. The van der Waals surface area contributed by atoms with Gasteiger partial charge in [-0.1, -0.05) is 23.8 Å². The van der Waals surface area contributed by atoms with Crippen molar-refractivity contribution in [1.29, 1.82) is 0 Å². The Balaban J connectivity index is 1.35. The van der Waals surface area contributed by atoms with Crippen molar-refractivity contribution in [1.82, 2.24) is 25.2 Å². The number of aryl methyl sites for hydroxylation is 1. The second kappa shape index (κ2) is 10.1. The number of thiocarbonyl (C=S) groups is 1. The van der Waals surface area contributed by atoms with Gasteiger partial charge in [0, 0.05) is 40.5 Å². The molecule has 182 valence electrons. The molecule has 4 N–H and O–H groups in total. The van der Waals surface area contributed by atoms with E-state index in [-0.39, 0.29) is 6.04 Å². The molecule has 8 nitrogen and oxygen atoms in total. The van der Waals surface area contributed by atoms with Gasteiger partial charge in [0.05, 0.1) is 27.8 Å². The Morgan fingerprint density at radius 3 is 2.77 bits per heavy atom. The molecule has 1 fully saturated rings. The lowest BCUT2D eigenvalue weighted by Crippen LogP contribution is -2.42. The number of benzene rings is 1. The lowest BCUT2D eigenvalue weighted by Gasteiger charge is -2.31. The monoisotopic (exact) mass is 509 g/mol. The van der Waals surface area contributed by atoms with E-state index >= 15 is 0 Å². The molecule has 5 rings (SSSR count). The molecular formula is C25H28ClN7OS.